The molecule has 190 valence electrons. The quantitative estimate of drug-likeness (QED) is 0.488. The molecule has 0 bridgehead atoms. The molecule has 2 heterocycles. The third kappa shape index (κ3) is 5.80. The van der Waals surface area contributed by atoms with Crippen molar-refractivity contribution in [2.75, 3.05) is 25.1 Å². The zero-order valence-corrected chi connectivity index (χ0v) is 22.0. The second-order valence-electron chi connectivity index (χ2n) is 10.5. The van der Waals surface area contributed by atoms with Crippen LogP contribution >= 0.6 is 11.3 Å². The molecule has 1 atom stereocenters. The predicted octanol–water partition coefficient (Wildman–Crippen LogP) is 5.80. The molecule has 35 heavy (non-hydrogen) atoms. The summed E-state index contributed by atoms with van der Waals surface area (Å²) < 4.78 is 10.7. The summed E-state index contributed by atoms with van der Waals surface area (Å²) in [5.41, 5.74) is 1.02. The molecule has 1 aromatic heterocycles. The first-order chi connectivity index (χ1) is 16.7. The fourth-order valence-corrected chi connectivity index (χ4v) is 6.28. The average Bonchev–Trinajstić information content (AvgIpc) is 3.28. The zero-order valence-electron chi connectivity index (χ0n) is 21.2. The Morgan fingerprint density at radius 2 is 1.86 bits per heavy atom. The van der Waals surface area contributed by atoms with Gasteiger partial charge in [0.1, 0.15) is 17.0 Å². The number of methoxy groups -OCH3 is 1. The van der Waals surface area contributed by atoms with E-state index in [0.29, 0.717) is 17.1 Å². The van der Waals surface area contributed by atoms with Crippen LogP contribution in [0.1, 0.15) is 80.3 Å². The molecule has 3 aliphatic rings. The summed E-state index contributed by atoms with van der Waals surface area (Å²) in [6.45, 7) is 5.79. The molecule has 0 N–H and O–H groups in total. The molecule has 2 fully saturated rings. The maximum Gasteiger partial charge on any atom is 0.410 e. The number of esters is 1. The molecule has 1 aromatic rings. The van der Waals surface area contributed by atoms with Crippen LogP contribution in [0, 0.1) is 5.92 Å². The molecule has 4 rings (SSSR count). The second kappa shape index (κ2) is 10.6. The highest BCUT2D eigenvalue weighted by molar-refractivity contribution is 7.15. The number of piperazine rings is 1. The first kappa shape index (κ1) is 25.5. The van der Waals surface area contributed by atoms with E-state index in [1.165, 1.54) is 29.8 Å². The number of allylic oxidation sites excluding steroid dienone is 4. The van der Waals surface area contributed by atoms with E-state index in [1.807, 2.05) is 26.8 Å². The molecule has 2 aliphatic carbocycles. The van der Waals surface area contributed by atoms with E-state index >= 15 is 0 Å². The van der Waals surface area contributed by atoms with Crippen molar-refractivity contribution < 1.29 is 23.9 Å². The number of rotatable bonds is 4. The van der Waals surface area contributed by atoms with E-state index < -0.39 is 17.7 Å². The Bertz CT molecular complexity index is 1030. The number of carbonyl (C=O) groups is 3. The molecule has 0 spiro atoms. The van der Waals surface area contributed by atoms with Crippen molar-refractivity contribution >= 4 is 40.6 Å². The smallest absolute Gasteiger partial charge is 0.410 e. The van der Waals surface area contributed by atoms with Gasteiger partial charge in [0.15, 0.2) is 0 Å². The first-order valence-corrected chi connectivity index (χ1v) is 13.4. The molecule has 0 aromatic carbocycles. The minimum Gasteiger partial charge on any atom is -0.465 e. The molecular weight excluding hydrogens is 464 g/mol. The van der Waals surface area contributed by atoms with Gasteiger partial charge in [-0.1, -0.05) is 37.5 Å². The summed E-state index contributed by atoms with van der Waals surface area (Å²) in [6.07, 6.45) is 13.2. The molecule has 1 aliphatic heterocycles. The molecule has 2 amide bonds. The van der Waals surface area contributed by atoms with Gasteiger partial charge in [-0.2, -0.15) is 0 Å². The summed E-state index contributed by atoms with van der Waals surface area (Å²) in [7, 11) is 1.37. The third-order valence-corrected chi connectivity index (χ3v) is 7.96. The summed E-state index contributed by atoms with van der Waals surface area (Å²) in [5.74, 6) is -0.387. The molecule has 1 saturated carbocycles. The van der Waals surface area contributed by atoms with Gasteiger partial charge in [-0.25, -0.2) is 9.59 Å². The highest BCUT2D eigenvalue weighted by Gasteiger charge is 2.43. The molecular formula is C27H36N2O5S. The van der Waals surface area contributed by atoms with Crippen LogP contribution in [0.25, 0.3) is 5.57 Å². The van der Waals surface area contributed by atoms with Crippen molar-refractivity contribution in [2.24, 2.45) is 5.92 Å². The molecule has 7 nitrogen and oxygen atoms in total. The number of hydrogen-bond acceptors (Lipinski definition) is 6. The van der Waals surface area contributed by atoms with Crippen LogP contribution in [0.15, 0.2) is 24.3 Å². The minimum atomic E-state index is -0.640. The Hall–Kier alpha value is -2.61. The second-order valence-corrected chi connectivity index (χ2v) is 11.6. The van der Waals surface area contributed by atoms with Crippen LogP contribution in [0.2, 0.25) is 0 Å². The number of hydrogen-bond donors (Lipinski definition) is 0. The van der Waals surface area contributed by atoms with Crippen LogP contribution in [0.3, 0.4) is 0 Å². The van der Waals surface area contributed by atoms with Gasteiger partial charge in [0.25, 0.3) is 0 Å². The van der Waals surface area contributed by atoms with Gasteiger partial charge in [-0.05, 0) is 64.0 Å². The van der Waals surface area contributed by atoms with E-state index in [2.05, 4.69) is 18.2 Å². The number of amides is 2. The Morgan fingerprint density at radius 3 is 2.49 bits per heavy atom. The van der Waals surface area contributed by atoms with Gasteiger partial charge in [-0.15, -0.1) is 11.3 Å². The van der Waals surface area contributed by atoms with E-state index in [9.17, 15) is 14.4 Å². The Kier molecular flexibility index (Phi) is 7.69. The van der Waals surface area contributed by atoms with E-state index in [1.54, 1.807) is 4.90 Å². The Labute approximate surface area is 211 Å². The maximum atomic E-state index is 13.7. The van der Waals surface area contributed by atoms with Crippen molar-refractivity contribution in [1.29, 1.82) is 0 Å². The van der Waals surface area contributed by atoms with Gasteiger partial charge in [-0.3, -0.25) is 9.69 Å². The van der Waals surface area contributed by atoms with Crippen LogP contribution in [-0.2, 0) is 14.3 Å². The Balaban J connectivity index is 1.72. The van der Waals surface area contributed by atoms with Crippen LogP contribution in [-0.4, -0.2) is 54.7 Å². The number of thiophene rings is 1. The summed E-state index contributed by atoms with van der Waals surface area (Å²) >= 11 is 1.36. The number of anilines is 1. The van der Waals surface area contributed by atoms with E-state index in [-0.39, 0.29) is 24.4 Å². The first-order valence-electron chi connectivity index (χ1n) is 12.6. The number of carbonyl (C=O) groups excluding carboxylic acids is 3. The Morgan fingerprint density at radius 1 is 1.11 bits per heavy atom. The van der Waals surface area contributed by atoms with Crippen molar-refractivity contribution in [3.63, 3.8) is 0 Å². The lowest BCUT2D eigenvalue weighted by atomic mass is 9.82. The fourth-order valence-electron chi connectivity index (χ4n) is 5.19. The third-order valence-electron chi connectivity index (χ3n) is 6.80. The van der Waals surface area contributed by atoms with E-state index in [0.717, 1.165) is 49.0 Å². The van der Waals surface area contributed by atoms with Gasteiger partial charge >= 0.3 is 12.1 Å². The summed E-state index contributed by atoms with van der Waals surface area (Å²) in [5, 5.41) is 0. The normalized spacial score (nSPS) is 21.7. The minimum absolute atomic E-state index is 0.0769. The molecule has 8 heteroatoms. The average molecular weight is 501 g/mol. The maximum absolute atomic E-state index is 13.7. The van der Waals surface area contributed by atoms with Crippen molar-refractivity contribution in [3.8, 4) is 0 Å². The van der Waals surface area contributed by atoms with Crippen molar-refractivity contribution in [3.05, 3.63) is 34.0 Å². The monoisotopic (exact) mass is 500 g/mol. The SMILES string of the molecule is COC(=O)c1sc(C2=CCCC=C2)cc1N1C(=O)CN(C(=O)OC(C)(C)C)CC1C1CCCCC1. The van der Waals surface area contributed by atoms with Gasteiger partial charge in [0.2, 0.25) is 5.91 Å². The van der Waals surface area contributed by atoms with Crippen LogP contribution in [0.4, 0.5) is 10.5 Å². The lowest BCUT2D eigenvalue weighted by Crippen LogP contribution is -2.61. The highest BCUT2D eigenvalue weighted by atomic mass is 32.1. The highest BCUT2D eigenvalue weighted by Crippen LogP contribution is 2.41. The van der Waals surface area contributed by atoms with Crippen molar-refractivity contribution in [2.45, 2.75) is 77.4 Å². The molecule has 1 saturated heterocycles. The van der Waals surface area contributed by atoms with Gasteiger partial charge < -0.3 is 14.4 Å². The predicted molar refractivity (Wildman–Crippen MR) is 138 cm³/mol. The lowest BCUT2D eigenvalue weighted by molar-refractivity contribution is -0.123. The van der Waals surface area contributed by atoms with E-state index in [4.69, 9.17) is 9.47 Å². The number of nitrogens with zero attached hydrogens (tertiary/aromatic N) is 2. The topological polar surface area (TPSA) is 76.2 Å². The lowest BCUT2D eigenvalue weighted by Gasteiger charge is -2.45. The van der Waals surface area contributed by atoms with Crippen LogP contribution < -0.4 is 4.90 Å². The molecule has 1 unspecified atom stereocenters. The standard InChI is InChI=1S/C27H36N2O5S/c1-27(2,3)34-26(32)28-16-21(18-11-7-5-8-12-18)29(23(30)17-28)20-15-22(19-13-9-6-10-14-19)35-24(20)25(31)33-4/h9,13-15,18,21H,5-8,10-12,16-17H2,1-4H3. The zero-order chi connectivity index (χ0) is 25.2. The summed E-state index contributed by atoms with van der Waals surface area (Å²) in [6, 6.07) is 1.74. The van der Waals surface area contributed by atoms with Gasteiger partial charge in [0.05, 0.1) is 18.8 Å². The van der Waals surface area contributed by atoms with Crippen molar-refractivity contribution in [1.82, 2.24) is 4.90 Å². The largest absolute Gasteiger partial charge is 0.465 e. The van der Waals surface area contributed by atoms with Crippen LogP contribution in [0.5, 0.6) is 0 Å². The number of ether oxygens (including phenoxy) is 2. The molecule has 0 radical (unpaired) electrons. The van der Waals surface area contributed by atoms with Gasteiger partial charge in [0, 0.05) is 11.4 Å². The summed E-state index contributed by atoms with van der Waals surface area (Å²) in [4.78, 5) is 44.1. The fraction of sp³-hybridized carbons (Fsp3) is 0.593.